The minimum atomic E-state index is -0.964. The fraction of sp³-hybridized carbons (Fsp3) is 0.278. The van der Waals surface area contributed by atoms with E-state index in [2.05, 4.69) is 0 Å². The molecule has 2 aromatic rings. The molecule has 0 aliphatic heterocycles. The van der Waals surface area contributed by atoms with Gasteiger partial charge in [0.25, 0.3) is 5.69 Å². The van der Waals surface area contributed by atoms with E-state index in [1.807, 2.05) is 19.9 Å². The number of aliphatic carboxylic acids is 1. The van der Waals surface area contributed by atoms with E-state index in [-0.39, 0.29) is 12.1 Å². The van der Waals surface area contributed by atoms with Crippen molar-refractivity contribution in [3.05, 3.63) is 69.3 Å². The average molecular weight is 329 g/mol. The van der Waals surface area contributed by atoms with Gasteiger partial charge in [-0.05, 0) is 49.1 Å². The Labute approximate surface area is 139 Å². The molecule has 0 amide bonds. The maximum atomic E-state index is 11.7. The number of rotatable bonds is 7. The number of nitro groups is 1. The molecule has 0 bridgehead atoms. The van der Waals surface area contributed by atoms with Gasteiger partial charge in [0.05, 0.1) is 17.4 Å². The summed E-state index contributed by atoms with van der Waals surface area (Å²) in [5.74, 6) is -1.05. The van der Waals surface area contributed by atoms with E-state index in [1.54, 1.807) is 24.3 Å². The van der Waals surface area contributed by atoms with Crippen molar-refractivity contribution < 1.29 is 19.6 Å². The molecular weight excluding hydrogens is 310 g/mol. The first-order valence-corrected chi connectivity index (χ1v) is 7.61. The maximum absolute atomic E-state index is 11.7. The molecule has 0 spiro atoms. The third kappa shape index (κ3) is 4.10. The van der Waals surface area contributed by atoms with E-state index in [0.717, 1.165) is 5.56 Å². The van der Waals surface area contributed by atoms with Crippen LogP contribution >= 0.6 is 0 Å². The molecule has 126 valence electrons. The van der Waals surface area contributed by atoms with Gasteiger partial charge >= 0.3 is 5.97 Å². The smallest absolute Gasteiger partial charge is 0.311 e. The quantitative estimate of drug-likeness (QED) is 0.618. The molecule has 0 saturated carbocycles. The number of benzene rings is 2. The topological polar surface area (TPSA) is 89.7 Å². The van der Waals surface area contributed by atoms with Crippen LogP contribution in [0.3, 0.4) is 0 Å². The molecule has 0 saturated heterocycles. The molecule has 6 nitrogen and oxygen atoms in total. The zero-order chi connectivity index (χ0) is 17.7. The Kier molecular flexibility index (Phi) is 5.52. The van der Waals surface area contributed by atoms with Gasteiger partial charge in [0.2, 0.25) is 0 Å². The molecule has 6 heteroatoms. The number of non-ortho nitro benzene ring substituents is 1. The summed E-state index contributed by atoms with van der Waals surface area (Å²) >= 11 is 0. The lowest BCUT2D eigenvalue weighted by atomic mass is 9.89. The lowest BCUT2D eigenvalue weighted by molar-refractivity contribution is -0.384. The van der Waals surface area contributed by atoms with Crippen LogP contribution in [0.5, 0.6) is 5.75 Å². The minimum Gasteiger partial charge on any atom is -0.494 e. The molecule has 2 aromatic carbocycles. The highest BCUT2D eigenvalue weighted by molar-refractivity contribution is 5.77. The second kappa shape index (κ2) is 7.59. The lowest BCUT2D eigenvalue weighted by Gasteiger charge is -2.16. The largest absolute Gasteiger partial charge is 0.494 e. The Hall–Kier alpha value is -2.89. The minimum absolute atomic E-state index is 0.0416. The van der Waals surface area contributed by atoms with Gasteiger partial charge < -0.3 is 9.84 Å². The van der Waals surface area contributed by atoms with Crippen LogP contribution in [0, 0.1) is 17.0 Å². The summed E-state index contributed by atoms with van der Waals surface area (Å²) in [4.78, 5) is 22.1. The first kappa shape index (κ1) is 17.5. The van der Waals surface area contributed by atoms with E-state index < -0.39 is 16.8 Å². The van der Waals surface area contributed by atoms with Gasteiger partial charge in [0.1, 0.15) is 5.75 Å². The highest BCUT2D eigenvalue weighted by Gasteiger charge is 2.23. The van der Waals surface area contributed by atoms with Crippen LogP contribution in [-0.2, 0) is 11.2 Å². The zero-order valence-electron chi connectivity index (χ0n) is 13.6. The van der Waals surface area contributed by atoms with Gasteiger partial charge in [-0.25, -0.2) is 0 Å². The van der Waals surface area contributed by atoms with Crippen LogP contribution in [-0.4, -0.2) is 22.6 Å². The predicted molar refractivity (Wildman–Crippen MR) is 89.5 cm³/mol. The van der Waals surface area contributed by atoms with Crippen LogP contribution in [0.4, 0.5) is 5.69 Å². The number of carboxylic acid groups (broad SMARTS) is 1. The van der Waals surface area contributed by atoms with E-state index in [0.29, 0.717) is 23.5 Å². The second-order valence-electron chi connectivity index (χ2n) is 5.47. The van der Waals surface area contributed by atoms with Crippen molar-refractivity contribution in [3.8, 4) is 5.75 Å². The fourth-order valence-electron chi connectivity index (χ4n) is 2.66. The summed E-state index contributed by atoms with van der Waals surface area (Å²) in [5, 5.41) is 20.5. The van der Waals surface area contributed by atoms with Gasteiger partial charge in [0.15, 0.2) is 0 Å². The Morgan fingerprint density at radius 3 is 2.62 bits per heavy atom. The molecule has 24 heavy (non-hydrogen) atoms. The highest BCUT2D eigenvalue weighted by Crippen LogP contribution is 2.28. The number of aryl methyl sites for hydroxylation is 1. The highest BCUT2D eigenvalue weighted by atomic mass is 16.6. The molecule has 0 fully saturated rings. The summed E-state index contributed by atoms with van der Waals surface area (Å²) in [6, 6.07) is 11.4. The van der Waals surface area contributed by atoms with Crippen molar-refractivity contribution in [1.29, 1.82) is 0 Å². The first-order valence-electron chi connectivity index (χ1n) is 7.61. The Morgan fingerprint density at radius 2 is 2.04 bits per heavy atom. The summed E-state index contributed by atoms with van der Waals surface area (Å²) in [7, 11) is 0. The maximum Gasteiger partial charge on any atom is 0.311 e. The third-order valence-corrected chi connectivity index (χ3v) is 3.79. The molecule has 1 N–H and O–H groups in total. The van der Waals surface area contributed by atoms with Crippen molar-refractivity contribution in [2.45, 2.75) is 26.2 Å². The molecular formula is C18H19NO5. The molecule has 0 aliphatic carbocycles. The normalized spacial score (nSPS) is 11.8. The van der Waals surface area contributed by atoms with Crippen molar-refractivity contribution in [1.82, 2.24) is 0 Å². The van der Waals surface area contributed by atoms with Crippen LogP contribution < -0.4 is 4.74 Å². The molecule has 0 heterocycles. The first-order chi connectivity index (χ1) is 11.4. The van der Waals surface area contributed by atoms with Gasteiger partial charge in [-0.3, -0.25) is 14.9 Å². The van der Waals surface area contributed by atoms with E-state index >= 15 is 0 Å². The van der Waals surface area contributed by atoms with Crippen molar-refractivity contribution in [2.24, 2.45) is 0 Å². The van der Waals surface area contributed by atoms with Crippen LogP contribution in [0.15, 0.2) is 42.5 Å². The SMILES string of the molecule is CCOc1ccc(C(Cc2cccc([N+](=O)[O-])c2)C(=O)O)c(C)c1. The third-order valence-electron chi connectivity index (χ3n) is 3.79. The molecule has 0 radical (unpaired) electrons. The van der Waals surface area contributed by atoms with E-state index in [1.165, 1.54) is 12.1 Å². The monoisotopic (exact) mass is 329 g/mol. The number of carboxylic acids is 1. The number of carbonyl (C=O) groups is 1. The number of ether oxygens (including phenoxy) is 1. The van der Waals surface area contributed by atoms with Crippen molar-refractivity contribution >= 4 is 11.7 Å². The van der Waals surface area contributed by atoms with Gasteiger partial charge in [-0.1, -0.05) is 18.2 Å². The molecule has 0 aliphatic rings. The number of hydrogen-bond donors (Lipinski definition) is 1. The van der Waals surface area contributed by atoms with Gasteiger partial charge in [-0.15, -0.1) is 0 Å². The summed E-state index contributed by atoms with van der Waals surface area (Å²) in [5.41, 5.74) is 2.07. The number of nitro benzene ring substituents is 1. The second-order valence-corrected chi connectivity index (χ2v) is 5.47. The average Bonchev–Trinajstić information content (AvgIpc) is 2.53. The van der Waals surface area contributed by atoms with Crippen LogP contribution in [0.1, 0.15) is 29.5 Å². The fourth-order valence-corrected chi connectivity index (χ4v) is 2.66. The number of hydrogen-bond acceptors (Lipinski definition) is 4. The summed E-state index contributed by atoms with van der Waals surface area (Å²) < 4.78 is 5.42. The van der Waals surface area contributed by atoms with Crippen molar-refractivity contribution in [2.75, 3.05) is 6.61 Å². The molecule has 0 aromatic heterocycles. The zero-order valence-corrected chi connectivity index (χ0v) is 13.6. The standard InChI is InChI=1S/C18H19NO5/c1-3-24-15-7-8-16(12(2)9-15)17(18(20)21)11-13-5-4-6-14(10-13)19(22)23/h4-10,17H,3,11H2,1-2H3,(H,20,21). The van der Waals surface area contributed by atoms with Crippen molar-refractivity contribution in [3.63, 3.8) is 0 Å². The summed E-state index contributed by atoms with van der Waals surface area (Å²) in [6.45, 7) is 4.25. The molecule has 1 atom stereocenters. The Morgan fingerprint density at radius 1 is 1.29 bits per heavy atom. The Bertz CT molecular complexity index is 757. The lowest BCUT2D eigenvalue weighted by Crippen LogP contribution is -2.16. The van der Waals surface area contributed by atoms with Gasteiger partial charge in [0, 0.05) is 12.1 Å². The Balaban J connectivity index is 2.32. The molecule has 2 rings (SSSR count). The summed E-state index contributed by atoms with van der Waals surface area (Å²) in [6.07, 6.45) is 0.186. The van der Waals surface area contributed by atoms with E-state index in [9.17, 15) is 20.0 Å². The number of nitrogens with zero attached hydrogens (tertiary/aromatic N) is 1. The van der Waals surface area contributed by atoms with E-state index in [4.69, 9.17) is 4.74 Å². The van der Waals surface area contributed by atoms with Crippen LogP contribution in [0.25, 0.3) is 0 Å². The predicted octanol–water partition coefficient (Wildman–Crippen LogP) is 3.71. The van der Waals surface area contributed by atoms with Crippen LogP contribution in [0.2, 0.25) is 0 Å². The molecule has 1 unspecified atom stereocenters. The van der Waals surface area contributed by atoms with Gasteiger partial charge in [-0.2, -0.15) is 0 Å².